The van der Waals surface area contributed by atoms with Gasteiger partial charge in [-0.05, 0) is 31.8 Å². The molecule has 6 nitrogen and oxygen atoms in total. The maximum Gasteiger partial charge on any atom is 0.304 e. The van der Waals surface area contributed by atoms with Gasteiger partial charge in [-0.3, -0.25) is 4.79 Å². The first-order valence-electron chi connectivity index (χ1n) is 5.78. The largest absolute Gasteiger partial charge is 0.481 e. The van der Waals surface area contributed by atoms with Crippen LogP contribution >= 0.6 is 0 Å². The summed E-state index contributed by atoms with van der Waals surface area (Å²) in [6, 6.07) is 0. The van der Waals surface area contributed by atoms with E-state index in [-0.39, 0.29) is 12.2 Å². The number of hydrogen-bond acceptors (Lipinski definition) is 4. The van der Waals surface area contributed by atoms with E-state index in [2.05, 4.69) is 5.32 Å². The lowest BCUT2D eigenvalue weighted by molar-refractivity contribution is -0.136. The number of carboxylic acid groups (broad SMARTS) is 1. The van der Waals surface area contributed by atoms with Crippen molar-refractivity contribution in [1.29, 1.82) is 0 Å². The van der Waals surface area contributed by atoms with Crippen molar-refractivity contribution in [2.45, 2.75) is 19.3 Å². The lowest BCUT2D eigenvalue weighted by Gasteiger charge is -2.27. The highest BCUT2D eigenvalue weighted by molar-refractivity contribution is 7.89. The minimum absolute atomic E-state index is 0.316. The third-order valence-corrected chi connectivity index (χ3v) is 4.84. The molecule has 1 aliphatic rings. The number of piperidine rings is 1. The minimum atomic E-state index is -3.42. The molecule has 1 saturated heterocycles. The Kier molecular flexibility index (Phi) is 5.35. The number of rotatable bonds is 6. The lowest BCUT2D eigenvalue weighted by atomic mass is 9.98. The van der Waals surface area contributed by atoms with E-state index < -0.39 is 16.0 Å². The summed E-state index contributed by atoms with van der Waals surface area (Å²) in [5.41, 5.74) is 0. The van der Waals surface area contributed by atoms with E-state index in [1.54, 1.807) is 0 Å². The molecule has 0 unspecified atom stereocenters. The number of carboxylic acids is 1. The predicted octanol–water partition coefficient (Wildman–Crippen LogP) is -0.278. The van der Waals surface area contributed by atoms with Gasteiger partial charge in [0.1, 0.15) is 0 Å². The maximum absolute atomic E-state index is 11.8. The first-order valence-corrected chi connectivity index (χ1v) is 7.39. The number of hydrogen-bond donors (Lipinski definition) is 2. The summed E-state index contributed by atoms with van der Waals surface area (Å²) in [6.45, 7) is 2.34. The molecule has 1 fully saturated rings. The predicted molar refractivity (Wildman–Crippen MR) is 64.3 cm³/mol. The van der Waals surface area contributed by atoms with Crippen molar-refractivity contribution in [3.05, 3.63) is 0 Å². The minimum Gasteiger partial charge on any atom is -0.481 e. The molecular formula is C10H20N2O4S. The van der Waals surface area contributed by atoms with Gasteiger partial charge in [-0.25, -0.2) is 12.7 Å². The molecule has 100 valence electrons. The molecule has 7 heteroatoms. The standard InChI is InChI=1S/C10H20N2O4S/c1-12(8-9-2-5-11-6-3-9)17(15,16)7-4-10(13)14/h9,11H,2-8H2,1H3,(H,13,14). The average Bonchev–Trinajstić information content (AvgIpc) is 2.28. The lowest BCUT2D eigenvalue weighted by Crippen LogP contribution is -2.38. The van der Waals surface area contributed by atoms with Crippen LogP contribution in [0.5, 0.6) is 0 Å². The Morgan fingerprint density at radius 3 is 2.53 bits per heavy atom. The fourth-order valence-corrected chi connectivity index (χ4v) is 3.10. The Morgan fingerprint density at radius 2 is 2.00 bits per heavy atom. The quantitative estimate of drug-likeness (QED) is 0.689. The molecule has 0 radical (unpaired) electrons. The second kappa shape index (κ2) is 6.32. The average molecular weight is 264 g/mol. The Labute approximate surface area is 102 Å². The summed E-state index contributed by atoms with van der Waals surface area (Å²) in [7, 11) is -1.90. The van der Waals surface area contributed by atoms with Crippen molar-refractivity contribution in [2.75, 3.05) is 32.4 Å². The molecule has 1 rings (SSSR count). The Hall–Kier alpha value is -0.660. The monoisotopic (exact) mass is 264 g/mol. The Morgan fingerprint density at radius 1 is 1.41 bits per heavy atom. The van der Waals surface area contributed by atoms with Crippen LogP contribution in [0.4, 0.5) is 0 Å². The topological polar surface area (TPSA) is 86.7 Å². The highest BCUT2D eigenvalue weighted by Gasteiger charge is 2.23. The molecule has 2 N–H and O–H groups in total. The van der Waals surface area contributed by atoms with Gasteiger partial charge < -0.3 is 10.4 Å². The molecule has 1 aliphatic heterocycles. The van der Waals surface area contributed by atoms with Crippen LogP contribution in [-0.4, -0.2) is 56.2 Å². The zero-order valence-electron chi connectivity index (χ0n) is 10.1. The van der Waals surface area contributed by atoms with E-state index in [0.717, 1.165) is 25.9 Å². The van der Waals surface area contributed by atoms with Gasteiger partial charge in [0, 0.05) is 13.6 Å². The molecular weight excluding hydrogens is 244 g/mol. The van der Waals surface area contributed by atoms with Crippen LogP contribution in [-0.2, 0) is 14.8 Å². The maximum atomic E-state index is 11.8. The summed E-state index contributed by atoms with van der Waals surface area (Å²) < 4.78 is 24.8. The van der Waals surface area contributed by atoms with Gasteiger partial charge in [-0.1, -0.05) is 0 Å². The van der Waals surface area contributed by atoms with Gasteiger partial charge in [-0.2, -0.15) is 0 Å². The Balaban J connectivity index is 2.44. The van der Waals surface area contributed by atoms with Crippen LogP contribution in [0.1, 0.15) is 19.3 Å². The van der Waals surface area contributed by atoms with E-state index in [4.69, 9.17) is 5.11 Å². The van der Waals surface area contributed by atoms with Crippen LogP contribution in [0.25, 0.3) is 0 Å². The number of nitrogens with zero attached hydrogens (tertiary/aromatic N) is 1. The van der Waals surface area contributed by atoms with Crippen molar-refractivity contribution < 1.29 is 18.3 Å². The van der Waals surface area contributed by atoms with Crippen molar-refractivity contribution in [3.8, 4) is 0 Å². The van der Waals surface area contributed by atoms with E-state index in [9.17, 15) is 13.2 Å². The second-order valence-electron chi connectivity index (χ2n) is 4.43. The van der Waals surface area contributed by atoms with Gasteiger partial charge in [0.15, 0.2) is 0 Å². The number of nitrogens with one attached hydrogen (secondary N) is 1. The van der Waals surface area contributed by atoms with Crippen LogP contribution < -0.4 is 5.32 Å². The van der Waals surface area contributed by atoms with E-state index in [1.807, 2.05) is 0 Å². The smallest absolute Gasteiger partial charge is 0.304 e. The second-order valence-corrected chi connectivity index (χ2v) is 6.63. The van der Waals surface area contributed by atoms with Crippen molar-refractivity contribution in [3.63, 3.8) is 0 Å². The van der Waals surface area contributed by atoms with E-state index >= 15 is 0 Å². The summed E-state index contributed by atoms with van der Waals surface area (Å²) >= 11 is 0. The van der Waals surface area contributed by atoms with Crippen LogP contribution in [0.2, 0.25) is 0 Å². The zero-order chi connectivity index (χ0) is 12.9. The number of aliphatic carboxylic acids is 1. The molecule has 0 amide bonds. The first kappa shape index (κ1) is 14.4. The SMILES string of the molecule is CN(CC1CCNCC1)S(=O)(=O)CCC(=O)O. The number of sulfonamides is 1. The third kappa shape index (κ3) is 5.01. The van der Waals surface area contributed by atoms with Crippen LogP contribution in [0, 0.1) is 5.92 Å². The third-order valence-electron chi connectivity index (χ3n) is 3.02. The van der Waals surface area contributed by atoms with Crippen LogP contribution in [0.15, 0.2) is 0 Å². The van der Waals surface area contributed by atoms with Gasteiger partial charge in [0.2, 0.25) is 10.0 Å². The molecule has 0 atom stereocenters. The molecule has 0 spiro atoms. The molecule has 0 aromatic rings. The molecule has 17 heavy (non-hydrogen) atoms. The van der Waals surface area contributed by atoms with Gasteiger partial charge in [0.05, 0.1) is 12.2 Å². The zero-order valence-corrected chi connectivity index (χ0v) is 10.9. The molecule has 0 aliphatic carbocycles. The fourth-order valence-electron chi connectivity index (χ4n) is 1.91. The van der Waals surface area contributed by atoms with E-state index in [1.165, 1.54) is 11.4 Å². The van der Waals surface area contributed by atoms with Gasteiger partial charge in [-0.15, -0.1) is 0 Å². The van der Waals surface area contributed by atoms with Crippen molar-refractivity contribution >= 4 is 16.0 Å². The summed E-state index contributed by atoms with van der Waals surface area (Å²) in [6.07, 6.45) is 1.61. The normalized spacial score (nSPS) is 18.5. The Bertz CT molecular complexity index is 349. The highest BCUT2D eigenvalue weighted by Crippen LogP contribution is 2.14. The van der Waals surface area contributed by atoms with Gasteiger partial charge >= 0.3 is 5.97 Å². The summed E-state index contributed by atoms with van der Waals surface area (Å²) in [4.78, 5) is 10.4. The van der Waals surface area contributed by atoms with Crippen LogP contribution in [0.3, 0.4) is 0 Å². The molecule has 0 aromatic carbocycles. The highest BCUT2D eigenvalue weighted by atomic mass is 32.2. The molecule has 1 heterocycles. The first-order chi connectivity index (χ1) is 7.92. The fraction of sp³-hybridized carbons (Fsp3) is 0.900. The number of carbonyl (C=O) groups is 1. The van der Waals surface area contributed by atoms with Crippen molar-refractivity contribution in [2.24, 2.45) is 5.92 Å². The van der Waals surface area contributed by atoms with Crippen molar-refractivity contribution in [1.82, 2.24) is 9.62 Å². The molecule has 0 saturated carbocycles. The van der Waals surface area contributed by atoms with Gasteiger partial charge in [0.25, 0.3) is 0 Å². The summed E-state index contributed by atoms with van der Waals surface area (Å²) in [5.74, 6) is -1.02. The van der Waals surface area contributed by atoms with E-state index in [0.29, 0.717) is 12.5 Å². The summed E-state index contributed by atoms with van der Waals surface area (Å²) in [5, 5.41) is 11.7. The molecule has 0 bridgehead atoms. The molecule has 0 aromatic heterocycles.